The first-order valence-electron chi connectivity index (χ1n) is 5.06. The first-order chi connectivity index (χ1) is 6.22. The van der Waals surface area contributed by atoms with Crippen molar-refractivity contribution in [1.82, 2.24) is 5.32 Å². The normalized spacial score (nSPS) is 30.7. The molecule has 0 spiro atoms. The van der Waals surface area contributed by atoms with Crippen LogP contribution in [0.4, 0.5) is 0 Å². The fourth-order valence-electron chi connectivity index (χ4n) is 1.67. The van der Waals surface area contributed by atoms with Gasteiger partial charge in [-0.3, -0.25) is 0 Å². The second kappa shape index (κ2) is 5.89. The van der Waals surface area contributed by atoms with Gasteiger partial charge in [-0.25, -0.2) is 0 Å². The van der Waals surface area contributed by atoms with Crippen LogP contribution in [0.1, 0.15) is 20.3 Å². The molecule has 78 valence electrons. The molecule has 0 aromatic heterocycles. The minimum absolute atomic E-state index is 0.630. The van der Waals surface area contributed by atoms with Crippen LogP contribution in [-0.2, 0) is 4.74 Å². The molecule has 0 bridgehead atoms. The summed E-state index contributed by atoms with van der Waals surface area (Å²) in [5.74, 6) is 1.91. The average molecular weight is 203 g/mol. The molecule has 0 aliphatic carbocycles. The number of methoxy groups -OCH3 is 1. The molecule has 1 saturated heterocycles. The van der Waals surface area contributed by atoms with Crippen LogP contribution in [0.5, 0.6) is 0 Å². The molecule has 3 heteroatoms. The predicted molar refractivity (Wildman–Crippen MR) is 59.4 cm³/mol. The second-order valence-electron chi connectivity index (χ2n) is 4.05. The van der Waals surface area contributed by atoms with Crippen molar-refractivity contribution in [1.29, 1.82) is 0 Å². The predicted octanol–water partition coefficient (Wildman–Crippen LogP) is 1.75. The highest BCUT2D eigenvalue weighted by molar-refractivity contribution is 8.00. The molecule has 1 aliphatic heterocycles. The Balaban J connectivity index is 2.05. The number of thioether (sulfide) groups is 1. The third-order valence-corrected chi connectivity index (χ3v) is 3.76. The molecule has 1 N–H and O–H groups in total. The topological polar surface area (TPSA) is 21.3 Å². The van der Waals surface area contributed by atoms with E-state index in [-0.39, 0.29) is 0 Å². The van der Waals surface area contributed by atoms with Crippen LogP contribution in [0, 0.1) is 5.92 Å². The van der Waals surface area contributed by atoms with E-state index in [9.17, 15) is 0 Å². The molecule has 0 saturated carbocycles. The molecule has 0 amide bonds. The molecule has 0 radical (unpaired) electrons. The summed E-state index contributed by atoms with van der Waals surface area (Å²) < 4.78 is 5.09. The molecule has 1 fully saturated rings. The number of hydrogen-bond donors (Lipinski definition) is 1. The molecule has 0 aromatic rings. The van der Waals surface area contributed by atoms with Gasteiger partial charge in [0.05, 0.1) is 0 Å². The zero-order valence-electron chi connectivity index (χ0n) is 8.88. The zero-order chi connectivity index (χ0) is 9.68. The number of ether oxygens (including phenoxy) is 1. The Labute approximate surface area is 85.8 Å². The zero-order valence-corrected chi connectivity index (χ0v) is 9.69. The van der Waals surface area contributed by atoms with Crippen LogP contribution in [0.25, 0.3) is 0 Å². The number of rotatable bonds is 5. The highest BCUT2D eigenvalue weighted by atomic mass is 32.2. The van der Waals surface area contributed by atoms with Crippen molar-refractivity contribution < 1.29 is 4.74 Å². The van der Waals surface area contributed by atoms with Crippen LogP contribution >= 0.6 is 11.8 Å². The molecular weight excluding hydrogens is 182 g/mol. The third-order valence-electron chi connectivity index (χ3n) is 2.40. The fraction of sp³-hybridized carbons (Fsp3) is 1.00. The fourth-order valence-corrected chi connectivity index (χ4v) is 2.85. The van der Waals surface area contributed by atoms with Gasteiger partial charge in [-0.1, -0.05) is 13.8 Å². The highest BCUT2D eigenvalue weighted by Gasteiger charge is 2.21. The van der Waals surface area contributed by atoms with Crippen molar-refractivity contribution in [2.45, 2.75) is 31.6 Å². The van der Waals surface area contributed by atoms with Crippen molar-refractivity contribution in [3.05, 3.63) is 0 Å². The Bertz CT molecular complexity index is 143. The van der Waals surface area contributed by atoms with Gasteiger partial charge in [0.2, 0.25) is 0 Å². The summed E-state index contributed by atoms with van der Waals surface area (Å²) >= 11 is 2.08. The highest BCUT2D eigenvalue weighted by Crippen LogP contribution is 2.25. The van der Waals surface area contributed by atoms with E-state index < -0.39 is 0 Å². The van der Waals surface area contributed by atoms with E-state index in [0.29, 0.717) is 5.92 Å². The summed E-state index contributed by atoms with van der Waals surface area (Å²) in [6.45, 7) is 6.49. The molecule has 1 heterocycles. The number of hydrogen-bond acceptors (Lipinski definition) is 3. The monoisotopic (exact) mass is 203 g/mol. The summed E-state index contributed by atoms with van der Waals surface area (Å²) in [7, 11) is 1.77. The third kappa shape index (κ3) is 4.34. The van der Waals surface area contributed by atoms with E-state index in [0.717, 1.165) is 24.4 Å². The van der Waals surface area contributed by atoms with Gasteiger partial charge in [-0.05, 0) is 12.3 Å². The molecule has 1 rings (SSSR count). The van der Waals surface area contributed by atoms with Crippen molar-refractivity contribution in [3.8, 4) is 0 Å². The van der Waals surface area contributed by atoms with Gasteiger partial charge < -0.3 is 10.1 Å². The standard InChI is InChI=1S/C10H21NOS/c1-8(6-12-3)5-11-10-4-9(2)13-7-10/h8-11H,4-7H2,1-3H3. The van der Waals surface area contributed by atoms with Gasteiger partial charge in [-0.15, -0.1) is 0 Å². The largest absolute Gasteiger partial charge is 0.384 e. The Morgan fingerprint density at radius 3 is 2.92 bits per heavy atom. The second-order valence-corrected chi connectivity index (χ2v) is 5.52. The van der Waals surface area contributed by atoms with Gasteiger partial charge in [0.1, 0.15) is 0 Å². The lowest BCUT2D eigenvalue weighted by Gasteiger charge is -2.15. The summed E-state index contributed by atoms with van der Waals surface area (Å²) in [5.41, 5.74) is 0. The molecule has 13 heavy (non-hydrogen) atoms. The Morgan fingerprint density at radius 1 is 1.62 bits per heavy atom. The Hall–Kier alpha value is 0.270. The summed E-state index contributed by atoms with van der Waals surface area (Å²) in [4.78, 5) is 0. The lowest BCUT2D eigenvalue weighted by Crippen LogP contribution is -2.33. The van der Waals surface area contributed by atoms with Crippen molar-refractivity contribution in [2.24, 2.45) is 5.92 Å². The maximum Gasteiger partial charge on any atom is 0.0499 e. The quantitative estimate of drug-likeness (QED) is 0.735. The van der Waals surface area contributed by atoms with Crippen LogP contribution in [-0.4, -0.2) is 37.3 Å². The molecule has 3 atom stereocenters. The molecule has 2 nitrogen and oxygen atoms in total. The Kier molecular flexibility index (Phi) is 5.14. The van der Waals surface area contributed by atoms with E-state index in [1.807, 2.05) is 0 Å². The summed E-state index contributed by atoms with van der Waals surface area (Å²) in [6.07, 6.45) is 1.32. The van der Waals surface area contributed by atoms with Crippen LogP contribution in [0.3, 0.4) is 0 Å². The minimum atomic E-state index is 0.630. The van der Waals surface area contributed by atoms with Crippen molar-refractivity contribution in [3.63, 3.8) is 0 Å². The van der Waals surface area contributed by atoms with Gasteiger partial charge in [0.15, 0.2) is 0 Å². The van der Waals surface area contributed by atoms with Gasteiger partial charge in [0.25, 0.3) is 0 Å². The maximum atomic E-state index is 5.09. The van der Waals surface area contributed by atoms with Crippen LogP contribution < -0.4 is 5.32 Å². The van der Waals surface area contributed by atoms with Crippen LogP contribution in [0.15, 0.2) is 0 Å². The van der Waals surface area contributed by atoms with Gasteiger partial charge in [-0.2, -0.15) is 11.8 Å². The summed E-state index contributed by atoms with van der Waals surface area (Å²) in [5, 5.41) is 4.44. The lowest BCUT2D eigenvalue weighted by atomic mass is 10.1. The van der Waals surface area contributed by atoms with E-state index >= 15 is 0 Å². The minimum Gasteiger partial charge on any atom is -0.384 e. The van der Waals surface area contributed by atoms with E-state index in [4.69, 9.17) is 4.74 Å². The average Bonchev–Trinajstić information content (AvgIpc) is 2.49. The van der Waals surface area contributed by atoms with Crippen LogP contribution in [0.2, 0.25) is 0 Å². The van der Waals surface area contributed by atoms with E-state index in [1.165, 1.54) is 12.2 Å². The molecule has 0 aromatic carbocycles. The van der Waals surface area contributed by atoms with Crippen molar-refractivity contribution >= 4 is 11.8 Å². The SMILES string of the molecule is COCC(C)CNC1CSC(C)C1. The first-order valence-corrected chi connectivity index (χ1v) is 6.11. The lowest BCUT2D eigenvalue weighted by molar-refractivity contribution is 0.157. The van der Waals surface area contributed by atoms with E-state index in [2.05, 4.69) is 30.9 Å². The first kappa shape index (κ1) is 11.3. The van der Waals surface area contributed by atoms with Gasteiger partial charge in [0, 0.05) is 37.3 Å². The summed E-state index contributed by atoms with van der Waals surface area (Å²) in [6, 6.07) is 0.735. The molecule has 3 unspecified atom stereocenters. The maximum absolute atomic E-state index is 5.09. The van der Waals surface area contributed by atoms with Crippen molar-refractivity contribution in [2.75, 3.05) is 26.0 Å². The molecule has 1 aliphatic rings. The Morgan fingerprint density at radius 2 is 2.38 bits per heavy atom. The smallest absolute Gasteiger partial charge is 0.0499 e. The van der Waals surface area contributed by atoms with E-state index in [1.54, 1.807) is 7.11 Å². The number of nitrogens with one attached hydrogen (secondary N) is 1. The van der Waals surface area contributed by atoms with Gasteiger partial charge >= 0.3 is 0 Å². The molecular formula is C10H21NOS.